The van der Waals surface area contributed by atoms with Gasteiger partial charge in [-0.2, -0.15) is 0 Å². The highest BCUT2D eigenvalue weighted by molar-refractivity contribution is 7.09. The second-order valence-corrected chi connectivity index (χ2v) is 6.79. The minimum absolute atomic E-state index is 0.132. The Hall–Kier alpha value is -1.99. The number of morpholine rings is 1. The van der Waals surface area contributed by atoms with Crippen molar-refractivity contribution in [2.45, 2.75) is 25.8 Å². The molecule has 1 aliphatic heterocycles. The standard InChI is InChI=1S/C17H22N4O2S/c1-12-10-15(18-2)20-17(19-12)14-11-23-8-7-21(14)16(22)6-5-13-4-3-9-24-13/h3-4,9-10,14H,5-8,11H2,1-2H3,(H,18,19,20)/t14-/m0/s1. The van der Waals surface area contributed by atoms with Crippen LogP contribution in [0.1, 0.15) is 28.9 Å². The fourth-order valence-corrected chi connectivity index (χ4v) is 3.52. The van der Waals surface area contributed by atoms with E-state index >= 15 is 0 Å². The molecule has 7 heteroatoms. The van der Waals surface area contributed by atoms with E-state index in [1.807, 2.05) is 36.4 Å². The van der Waals surface area contributed by atoms with E-state index in [1.165, 1.54) is 4.88 Å². The van der Waals surface area contributed by atoms with Gasteiger partial charge in [0.15, 0.2) is 5.82 Å². The van der Waals surface area contributed by atoms with Gasteiger partial charge in [0.2, 0.25) is 5.91 Å². The molecule has 1 amide bonds. The van der Waals surface area contributed by atoms with Gasteiger partial charge in [0, 0.05) is 36.7 Å². The number of rotatable bonds is 5. The van der Waals surface area contributed by atoms with Crippen LogP contribution in [0.25, 0.3) is 0 Å². The first-order valence-electron chi connectivity index (χ1n) is 8.10. The van der Waals surface area contributed by atoms with Crippen LogP contribution >= 0.6 is 11.3 Å². The molecule has 1 N–H and O–H groups in total. The lowest BCUT2D eigenvalue weighted by Crippen LogP contribution is -2.44. The first kappa shape index (κ1) is 16.9. The third-order valence-corrected chi connectivity index (χ3v) is 4.98. The third kappa shape index (κ3) is 3.91. The summed E-state index contributed by atoms with van der Waals surface area (Å²) in [5, 5.41) is 5.08. The number of carbonyl (C=O) groups is 1. The van der Waals surface area contributed by atoms with Crippen molar-refractivity contribution in [1.82, 2.24) is 14.9 Å². The lowest BCUT2D eigenvalue weighted by molar-refractivity contribution is -0.140. The number of anilines is 1. The predicted molar refractivity (Wildman–Crippen MR) is 94.2 cm³/mol. The maximum absolute atomic E-state index is 12.7. The summed E-state index contributed by atoms with van der Waals surface area (Å²) in [4.78, 5) is 24.9. The lowest BCUT2D eigenvalue weighted by atomic mass is 10.1. The number of ether oxygens (including phenoxy) is 1. The molecule has 2 aromatic rings. The van der Waals surface area contributed by atoms with Crippen LogP contribution in [-0.2, 0) is 16.0 Å². The van der Waals surface area contributed by atoms with Crippen molar-refractivity contribution in [3.05, 3.63) is 40.0 Å². The number of aromatic nitrogens is 2. The Kier molecular flexibility index (Phi) is 5.42. The molecule has 24 heavy (non-hydrogen) atoms. The average molecular weight is 346 g/mol. The number of hydrogen-bond donors (Lipinski definition) is 1. The van der Waals surface area contributed by atoms with E-state index in [2.05, 4.69) is 21.4 Å². The number of aryl methyl sites for hydroxylation is 2. The zero-order valence-electron chi connectivity index (χ0n) is 14.0. The quantitative estimate of drug-likeness (QED) is 0.900. The van der Waals surface area contributed by atoms with E-state index < -0.39 is 0 Å². The highest BCUT2D eigenvalue weighted by atomic mass is 32.1. The summed E-state index contributed by atoms with van der Waals surface area (Å²) in [5.41, 5.74) is 0.876. The molecule has 1 saturated heterocycles. The molecule has 1 fully saturated rings. The van der Waals surface area contributed by atoms with Crippen molar-refractivity contribution in [3.8, 4) is 0 Å². The van der Waals surface area contributed by atoms with Crippen LogP contribution < -0.4 is 5.32 Å². The normalized spacial score (nSPS) is 17.8. The molecule has 0 bridgehead atoms. The van der Waals surface area contributed by atoms with Gasteiger partial charge in [0.1, 0.15) is 11.9 Å². The molecular weight excluding hydrogens is 324 g/mol. The van der Waals surface area contributed by atoms with Crippen LogP contribution in [0.15, 0.2) is 23.6 Å². The average Bonchev–Trinajstić information content (AvgIpc) is 3.12. The van der Waals surface area contributed by atoms with Gasteiger partial charge in [-0.05, 0) is 24.8 Å². The highest BCUT2D eigenvalue weighted by Gasteiger charge is 2.30. The van der Waals surface area contributed by atoms with Crippen molar-refractivity contribution < 1.29 is 9.53 Å². The van der Waals surface area contributed by atoms with Crippen LogP contribution in [0.5, 0.6) is 0 Å². The number of hydrogen-bond acceptors (Lipinski definition) is 6. The molecule has 3 rings (SSSR count). The zero-order valence-corrected chi connectivity index (χ0v) is 14.8. The van der Waals surface area contributed by atoms with Crippen molar-refractivity contribution in [1.29, 1.82) is 0 Å². The second kappa shape index (κ2) is 7.72. The van der Waals surface area contributed by atoms with E-state index in [9.17, 15) is 4.79 Å². The van der Waals surface area contributed by atoms with E-state index in [0.717, 1.165) is 17.9 Å². The summed E-state index contributed by atoms with van der Waals surface area (Å²) in [6.07, 6.45) is 1.28. The van der Waals surface area contributed by atoms with Crippen LogP contribution in [0.2, 0.25) is 0 Å². The highest BCUT2D eigenvalue weighted by Crippen LogP contribution is 2.24. The molecule has 0 aromatic carbocycles. The molecular formula is C17H22N4O2S. The molecule has 6 nitrogen and oxygen atoms in total. The Morgan fingerprint density at radius 2 is 2.38 bits per heavy atom. The topological polar surface area (TPSA) is 67.4 Å². The molecule has 0 aliphatic carbocycles. The molecule has 0 unspecified atom stereocenters. The Balaban J connectivity index is 1.75. The molecule has 2 aromatic heterocycles. The molecule has 128 valence electrons. The first-order chi connectivity index (χ1) is 11.7. The Morgan fingerprint density at radius 1 is 1.50 bits per heavy atom. The number of amides is 1. The van der Waals surface area contributed by atoms with Gasteiger partial charge in [-0.25, -0.2) is 9.97 Å². The van der Waals surface area contributed by atoms with E-state index in [1.54, 1.807) is 11.3 Å². The number of thiophene rings is 1. The van der Waals surface area contributed by atoms with Crippen LogP contribution in [0, 0.1) is 6.92 Å². The molecule has 1 aliphatic rings. The van der Waals surface area contributed by atoms with E-state index in [0.29, 0.717) is 32.0 Å². The summed E-state index contributed by atoms with van der Waals surface area (Å²) in [5.74, 6) is 1.53. The smallest absolute Gasteiger partial charge is 0.223 e. The number of carbonyl (C=O) groups excluding carboxylic acids is 1. The summed E-state index contributed by atoms with van der Waals surface area (Å²) in [6.45, 7) is 3.52. The van der Waals surface area contributed by atoms with Crippen molar-refractivity contribution in [3.63, 3.8) is 0 Å². The largest absolute Gasteiger partial charge is 0.377 e. The van der Waals surface area contributed by atoms with Gasteiger partial charge in [-0.15, -0.1) is 11.3 Å². The van der Waals surface area contributed by atoms with Gasteiger partial charge in [-0.3, -0.25) is 4.79 Å². The number of nitrogens with one attached hydrogen (secondary N) is 1. The van der Waals surface area contributed by atoms with E-state index in [4.69, 9.17) is 4.74 Å². The minimum Gasteiger partial charge on any atom is -0.377 e. The fraction of sp³-hybridized carbons (Fsp3) is 0.471. The lowest BCUT2D eigenvalue weighted by Gasteiger charge is -2.35. The van der Waals surface area contributed by atoms with Crippen molar-refractivity contribution in [2.75, 3.05) is 32.1 Å². The van der Waals surface area contributed by atoms with Crippen molar-refractivity contribution >= 4 is 23.1 Å². The molecule has 0 saturated carbocycles. The Morgan fingerprint density at radius 3 is 3.12 bits per heavy atom. The maximum atomic E-state index is 12.7. The van der Waals surface area contributed by atoms with Gasteiger partial charge >= 0.3 is 0 Å². The molecule has 0 radical (unpaired) electrons. The minimum atomic E-state index is -0.221. The molecule has 1 atom stereocenters. The monoisotopic (exact) mass is 346 g/mol. The number of nitrogens with zero attached hydrogens (tertiary/aromatic N) is 3. The summed E-state index contributed by atoms with van der Waals surface area (Å²) in [6, 6.07) is 5.75. The fourth-order valence-electron chi connectivity index (χ4n) is 2.81. The van der Waals surface area contributed by atoms with Crippen LogP contribution in [-0.4, -0.2) is 47.6 Å². The van der Waals surface area contributed by atoms with Gasteiger partial charge in [0.25, 0.3) is 0 Å². The summed E-state index contributed by atoms with van der Waals surface area (Å²) in [7, 11) is 1.83. The van der Waals surface area contributed by atoms with Crippen LogP contribution in [0.3, 0.4) is 0 Å². The first-order valence-corrected chi connectivity index (χ1v) is 8.98. The Labute approximate surface area is 145 Å². The maximum Gasteiger partial charge on any atom is 0.223 e. The summed E-state index contributed by atoms with van der Waals surface area (Å²) >= 11 is 1.69. The third-order valence-electron chi connectivity index (χ3n) is 4.04. The predicted octanol–water partition coefficient (Wildman–Crippen LogP) is 2.42. The SMILES string of the molecule is CNc1cc(C)nc([C@@H]2COCCN2C(=O)CCc2cccs2)n1. The van der Waals surface area contributed by atoms with Gasteiger partial charge in [0.05, 0.1) is 13.2 Å². The zero-order chi connectivity index (χ0) is 16.9. The molecule has 0 spiro atoms. The van der Waals surface area contributed by atoms with Gasteiger partial charge < -0.3 is 15.0 Å². The van der Waals surface area contributed by atoms with Crippen molar-refractivity contribution in [2.24, 2.45) is 0 Å². The van der Waals surface area contributed by atoms with Crippen LogP contribution in [0.4, 0.5) is 5.82 Å². The van der Waals surface area contributed by atoms with E-state index in [-0.39, 0.29) is 11.9 Å². The second-order valence-electron chi connectivity index (χ2n) is 5.76. The Bertz CT molecular complexity index is 690. The molecule has 3 heterocycles. The summed E-state index contributed by atoms with van der Waals surface area (Å²) < 4.78 is 5.59. The van der Waals surface area contributed by atoms with Gasteiger partial charge in [-0.1, -0.05) is 6.07 Å².